The smallest absolute Gasteiger partial charge is 0.308 e. The van der Waals surface area contributed by atoms with E-state index in [4.69, 9.17) is 4.74 Å². The van der Waals surface area contributed by atoms with Crippen LogP contribution in [-0.4, -0.2) is 18.9 Å². The summed E-state index contributed by atoms with van der Waals surface area (Å²) in [6.07, 6.45) is 3.43. The molecule has 0 aliphatic heterocycles. The Bertz CT molecular complexity index is 210. The Morgan fingerprint density at radius 1 is 1.38 bits per heavy atom. The Kier molecular flexibility index (Phi) is 3.46. The maximum Gasteiger partial charge on any atom is 0.308 e. The summed E-state index contributed by atoms with van der Waals surface area (Å²) in [5.74, 6) is 0.211. The van der Waals surface area contributed by atoms with Crippen molar-refractivity contribution < 1.29 is 14.3 Å². The van der Waals surface area contributed by atoms with Gasteiger partial charge in [0.05, 0.1) is 13.0 Å². The molecule has 0 N–H and O–H groups in total. The van der Waals surface area contributed by atoms with Crippen LogP contribution in [0.5, 0.6) is 0 Å². The minimum Gasteiger partial charge on any atom is -0.469 e. The molecule has 0 saturated heterocycles. The summed E-state index contributed by atoms with van der Waals surface area (Å²) in [6, 6.07) is 0. The van der Waals surface area contributed by atoms with Gasteiger partial charge >= 0.3 is 5.97 Å². The number of Topliss-reactive ketones (excluding diaryl/α,β-unsaturated/α-hetero) is 1. The molecule has 1 aliphatic rings. The van der Waals surface area contributed by atoms with Crippen molar-refractivity contribution in [1.82, 2.24) is 0 Å². The Morgan fingerprint density at radius 3 is 2.62 bits per heavy atom. The number of carbonyl (C=O) groups is 2. The molecule has 0 amide bonds. The lowest BCUT2D eigenvalue weighted by Gasteiger charge is -2.15. The Labute approximate surface area is 78.5 Å². The fraction of sp³-hybridized carbons (Fsp3) is 0.800. The standard InChI is InChI=1S/C10H16O3/c1-7(11)6-8-4-3-5-9(8)10(12)13-2/h8-9H,3-6H2,1-2H3/t8-,9+/m0/s1. The van der Waals surface area contributed by atoms with Gasteiger partial charge in [0.2, 0.25) is 0 Å². The molecule has 0 aromatic rings. The maximum atomic E-state index is 11.3. The highest BCUT2D eigenvalue weighted by Crippen LogP contribution is 2.34. The number of ether oxygens (including phenoxy) is 1. The van der Waals surface area contributed by atoms with Gasteiger partial charge in [-0.05, 0) is 25.7 Å². The molecule has 1 fully saturated rings. The average molecular weight is 184 g/mol. The molecule has 0 unspecified atom stereocenters. The van der Waals surface area contributed by atoms with Gasteiger partial charge in [-0.25, -0.2) is 0 Å². The van der Waals surface area contributed by atoms with E-state index in [0.29, 0.717) is 6.42 Å². The van der Waals surface area contributed by atoms with Crippen LogP contribution in [-0.2, 0) is 14.3 Å². The third kappa shape index (κ3) is 2.54. The highest BCUT2D eigenvalue weighted by Gasteiger charge is 2.34. The van der Waals surface area contributed by atoms with Crippen LogP contribution in [0.15, 0.2) is 0 Å². The third-order valence-corrected chi connectivity index (χ3v) is 2.71. The lowest BCUT2D eigenvalue weighted by Crippen LogP contribution is -2.21. The largest absolute Gasteiger partial charge is 0.469 e. The van der Waals surface area contributed by atoms with E-state index in [2.05, 4.69) is 0 Å². The van der Waals surface area contributed by atoms with Gasteiger partial charge in [-0.3, -0.25) is 4.79 Å². The van der Waals surface area contributed by atoms with E-state index in [9.17, 15) is 9.59 Å². The number of carbonyl (C=O) groups excluding carboxylic acids is 2. The topological polar surface area (TPSA) is 43.4 Å². The van der Waals surface area contributed by atoms with Gasteiger partial charge in [0.15, 0.2) is 0 Å². The van der Waals surface area contributed by atoms with Gasteiger partial charge < -0.3 is 9.53 Å². The molecule has 74 valence electrons. The van der Waals surface area contributed by atoms with Crippen molar-refractivity contribution in [3.8, 4) is 0 Å². The average Bonchev–Trinajstić information content (AvgIpc) is 2.50. The molecule has 0 heterocycles. The second-order valence-corrected chi connectivity index (χ2v) is 3.73. The van der Waals surface area contributed by atoms with Crippen molar-refractivity contribution in [2.45, 2.75) is 32.6 Å². The Balaban J connectivity index is 2.53. The molecule has 3 heteroatoms. The van der Waals surface area contributed by atoms with E-state index < -0.39 is 0 Å². The van der Waals surface area contributed by atoms with Crippen LogP contribution in [0, 0.1) is 11.8 Å². The van der Waals surface area contributed by atoms with Crippen LogP contribution >= 0.6 is 0 Å². The van der Waals surface area contributed by atoms with Crippen LogP contribution in [0.3, 0.4) is 0 Å². The zero-order chi connectivity index (χ0) is 9.84. The van der Waals surface area contributed by atoms with Crippen LogP contribution in [0.2, 0.25) is 0 Å². The van der Waals surface area contributed by atoms with Crippen molar-refractivity contribution in [2.24, 2.45) is 11.8 Å². The highest BCUT2D eigenvalue weighted by atomic mass is 16.5. The van der Waals surface area contributed by atoms with Gasteiger partial charge in [0.1, 0.15) is 5.78 Å². The summed E-state index contributed by atoms with van der Waals surface area (Å²) >= 11 is 0. The fourth-order valence-electron chi connectivity index (χ4n) is 2.11. The SMILES string of the molecule is COC(=O)[C@@H]1CCC[C@H]1CC(C)=O. The fourth-order valence-corrected chi connectivity index (χ4v) is 2.11. The first-order valence-electron chi connectivity index (χ1n) is 4.72. The van der Waals surface area contributed by atoms with Gasteiger partial charge in [-0.1, -0.05) is 6.42 Å². The summed E-state index contributed by atoms with van der Waals surface area (Å²) in [5.41, 5.74) is 0. The van der Waals surface area contributed by atoms with E-state index >= 15 is 0 Å². The predicted octanol–water partition coefficient (Wildman–Crippen LogP) is 1.55. The van der Waals surface area contributed by atoms with E-state index in [1.807, 2.05) is 0 Å². The number of hydrogen-bond donors (Lipinski definition) is 0. The Morgan fingerprint density at radius 2 is 2.08 bits per heavy atom. The lowest BCUT2D eigenvalue weighted by molar-refractivity contribution is -0.146. The molecular formula is C10H16O3. The molecule has 0 spiro atoms. The minimum atomic E-state index is -0.149. The monoisotopic (exact) mass is 184 g/mol. The van der Waals surface area contributed by atoms with Crippen LogP contribution in [0.4, 0.5) is 0 Å². The summed E-state index contributed by atoms with van der Waals surface area (Å²) in [5, 5.41) is 0. The second kappa shape index (κ2) is 4.40. The molecule has 2 atom stereocenters. The molecule has 1 saturated carbocycles. The van der Waals surface area contributed by atoms with Crippen molar-refractivity contribution in [1.29, 1.82) is 0 Å². The quantitative estimate of drug-likeness (QED) is 0.625. The normalized spacial score (nSPS) is 27.2. The zero-order valence-electron chi connectivity index (χ0n) is 8.21. The summed E-state index contributed by atoms with van der Waals surface area (Å²) in [7, 11) is 1.41. The van der Waals surface area contributed by atoms with Crippen LogP contribution in [0.25, 0.3) is 0 Å². The highest BCUT2D eigenvalue weighted by molar-refractivity contribution is 5.78. The third-order valence-electron chi connectivity index (χ3n) is 2.71. The molecular weight excluding hydrogens is 168 g/mol. The Hall–Kier alpha value is -0.860. The van der Waals surface area contributed by atoms with Gasteiger partial charge in [-0.15, -0.1) is 0 Å². The van der Waals surface area contributed by atoms with Crippen molar-refractivity contribution in [3.63, 3.8) is 0 Å². The molecule has 3 nitrogen and oxygen atoms in total. The number of rotatable bonds is 3. The van der Waals surface area contributed by atoms with E-state index in [-0.39, 0.29) is 23.6 Å². The van der Waals surface area contributed by atoms with Crippen molar-refractivity contribution >= 4 is 11.8 Å². The molecule has 0 radical (unpaired) electrons. The minimum absolute atomic E-state index is 0.0334. The molecule has 13 heavy (non-hydrogen) atoms. The zero-order valence-corrected chi connectivity index (χ0v) is 8.21. The summed E-state index contributed by atoms with van der Waals surface area (Å²) < 4.78 is 4.70. The molecule has 0 aromatic carbocycles. The second-order valence-electron chi connectivity index (χ2n) is 3.73. The van der Waals surface area contributed by atoms with E-state index in [1.165, 1.54) is 7.11 Å². The van der Waals surface area contributed by atoms with Crippen LogP contribution in [0.1, 0.15) is 32.6 Å². The summed E-state index contributed by atoms with van der Waals surface area (Å²) in [4.78, 5) is 22.2. The van der Waals surface area contributed by atoms with Crippen molar-refractivity contribution in [2.75, 3.05) is 7.11 Å². The molecule has 1 aliphatic carbocycles. The van der Waals surface area contributed by atoms with Crippen LogP contribution < -0.4 is 0 Å². The first kappa shape index (κ1) is 10.2. The van der Waals surface area contributed by atoms with Crippen molar-refractivity contribution in [3.05, 3.63) is 0 Å². The molecule has 1 rings (SSSR count). The van der Waals surface area contributed by atoms with E-state index in [1.54, 1.807) is 6.92 Å². The number of hydrogen-bond acceptors (Lipinski definition) is 3. The van der Waals surface area contributed by atoms with E-state index in [0.717, 1.165) is 19.3 Å². The number of ketones is 1. The molecule has 0 aromatic heterocycles. The molecule has 0 bridgehead atoms. The maximum absolute atomic E-state index is 11.3. The summed E-state index contributed by atoms with van der Waals surface area (Å²) in [6.45, 7) is 1.58. The lowest BCUT2D eigenvalue weighted by atomic mass is 9.91. The van der Waals surface area contributed by atoms with Gasteiger partial charge in [-0.2, -0.15) is 0 Å². The number of esters is 1. The van der Waals surface area contributed by atoms with Gasteiger partial charge in [0, 0.05) is 6.42 Å². The number of methoxy groups -OCH3 is 1. The first-order chi connectivity index (χ1) is 6.15. The van der Waals surface area contributed by atoms with Gasteiger partial charge in [0.25, 0.3) is 0 Å². The first-order valence-corrected chi connectivity index (χ1v) is 4.72. The predicted molar refractivity (Wildman–Crippen MR) is 48.1 cm³/mol.